The van der Waals surface area contributed by atoms with Gasteiger partial charge in [-0.2, -0.15) is 0 Å². The molecule has 0 aliphatic carbocycles. The zero-order valence-electron chi connectivity index (χ0n) is 5.52. The van der Waals surface area contributed by atoms with E-state index in [9.17, 15) is 0 Å². The molecule has 1 N–H and O–H groups in total. The summed E-state index contributed by atoms with van der Waals surface area (Å²) in [5, 5.41) is 7.17. The highest BCUT2D eigenvalue weighted by Gasteiger charge is 1.93. The van der Waals surface area contributed by atoms with Crippen LogP contribution in [-0.4, -0.2) is 18.5 Å². The van der Waals surface area contributed by atoms with Crippen LogP contribution < -0.4 is 0 Å². The van der Waals surface area contributed by atoms with Crippen molar-refractivity contribution in [3.05, 3.63) is 25.3 Å². The van der Waals surface area contributed by atoms with Gasteiger partial charge in [0.15, 0.2) is 0 Å². The van der Waals surface area contributed by atoms with Crippen LogP contribution in [0.3, 0.4) is 0 Å². The van der Waals surface area contributed by atoms with Gasteiger partial charge in [0.1, 0.15) is 0 Å². The lowest BCUT2D eigenvalue weighted by Gasteiger charge is -1.92. The highest BCUT2D eigenvalue weighted by atomic mass is 14.7. The van der Waals surface area contributed by atoms with Gasteiger partial charge >= 0.3 is 0 Å². The Labute approximate surface area is 55.1 Å². The maximum Gasteiger partial charge on any atom is 0.0814 e. The van der Waals surface area contributed by atoms with E-state index < -0.39 is 0 Å². The maximum absolute atomic E-state index is 7.17. The van der Waals surface area contributed by atoms with Gasteiger partial charge in [0.25, 0.3) is 0 Å². The van der Waals surface area contributed by atoms with Crippen LogP contribution in [0.4, 0.5) is 0 Å². The molecule has 0 fully saturated rings. The van der Waals surface area contributed by atoms with Crippen molar-refractivity contribution in [2.75, 3.05) is 7.05 Å². The Kier molecular flexibility index (Phi) is 3.28. The minimum absolute atomic E-state index is 0.313. The smallest absolute Gasteiger partial charge is 0.0814 e. The fourth-order valence-corrected chi connectivity index (χ4v) is 0.426. The summed E-state index contributed by atoms with van der Waals surface area (Å²) in [5.74, 6) is 0. The zero-order valence-corrected chi connectivity index (χ0v) is 5.52. The van der Waals surface area contributed by atoms with Crippen molar-refractivity contribution >= 4 is 11.4 Å². The van der Waals surface area contributed by atoms with Crippen molar-refractivity contribution in [3.8, 4) is 0 Å². The normalized spacial score (nSPS) is 10.6. The SMILES string of the molecule is C=CC(=N)C(C=C)=NC. The Balaban J connectivity index is 4.31. The molecule has 0 rings (SSSR count). The summed E-state index contributed by atoms with van der Waals surface area (Å²) in [7, 11) is 1.62. The van der Waals surface area contributed by atoms with Crippen LogP contribution in [0, 0.1) is 5.41 Å². The van der Waals surface area contributed by atoms with Gasteiger partial charge in [-0.3, -0.25) is 10.4 Å². The van der Waals surface area contributed by atoms with Crippen LogP contribution in [0.15, 0.2) is 30.3 Å². The highest BCUT2D eigenvalue weighted by Crippen LogP contribution is 1.82. The number of nitrogens with one attached hydrogen (secondary N) is 1. The van der Waals surface area contributed by atoms with Crippen molar-refractivity contribution < 1.29 is 0 Å². The summed E-state index contributed by atoms with van der Waals surface area (Å²) in [6.45, 7) is 6.91. The van der Waals surface area contributed by atoms with Gasteiger partial charge in [0, 0.05) is 7.05 Å². The quantitative estimate of drug-likeness (QED) is 0.550. The molecule has 0 unspecified atom stereocenters. The third-order valence-corrected chi connectivity index (χ3v) is 0.914. The third kappa shape index (κ3) is 2.04. The molecule has 48 valence electrons. The van der Waals surface area contributed by atoms with Gasteiger partial charge in [0.05, 0.1) is 11.4 Å². The molecule has 0 atom stereocenters. The molecule has 0 spiro atoms. The molecule has 0 heterocycles. The van der Waals surface area contributed by atoms with Crippen LogP contribution in [0.25, 0.3) is 0 Å². The number of hydrogen-bond acceptors (Lipinski definition) is 2. The number of aliphatic imine (C=N–C) groups is 1. The van der Waals surface area contributed by atoms with Crippen molar-refractivity contribution in [1.29, 1.82) is 5.41 Å². The van der Waals surface area contributed by atoms with E-state index in [4.69, 9.17) is 5.41 Å². The van der Waals surface area contributed by atoms with Crippen molar-refractivity contribution in [2.45, 2.75) is 0 Å². The lowest BCUT2D eigenvalue weighted by atomic mass is 10.2. The predicted molar refractivity (Wildman–Crippen MR) is 41.5 cm³/mol. The number of nitrogens with zero attached hydrogens (tertiary/aromatic N) is 1. The fourth-order valence-electron chi connectivity index (χ4n) is 0.426. The first kappa shape index (κ1) is 7.82. The van der Waals surface area contributed by atoms with Crippen molar-refractivity contribution in [2.24, 2.45) is 4.99 Å². The monoisotopic (exact) mass is 122 g/mol. The van der Waals surface area contributed by atoms with E-state index in [0.717, 1.165) is 0 Å². The van der Waals surface area contributed by atoms with Crippen LogP contribution in [0.2, 0.25) is 0 Å². The summed E-state index contributed by atoms with van der Waals surface area (Å²) in [6.07, 6.45) is 2.97. The second-order valence-corrected chi connectivity index (χ2v) is 1.43. The largest absolute Gasteiger partial charge is 0.299 e. The Morgan fingerprint density at radius 2 is 2.00 bits per heavy atom. The van der Waals surface area contributed by atoms with E-state index in [-0.39, 0.29) is 0 Å². The molecule has 0 radical (unpaired) electrons. The van der Waals surface area contributed by atoms with Gasteiger partial charge < -0.3 is 0 Å². The molecule has 0 aromatic heterocycles. The first-order valence-electron chi connectivity index (χ1n) is 2.56. The minimum atomic E-state index is 0.313. The average molecular weight is 122 g/mol. The fraction of sp³-hybridized carbons (Fsp3) is 0.143. The van der Waals surface area contributed by atoms with Gasteiger partial charge in [-0.25, -0.2) is 0 Å². The molecule has 0 aliphatic heterocycles. The molecule has 9 heavy (non-hydrogen) atoms. The van der Waals surface area contributed by atoms with Crippen LogP contribution in [0.5, 0.6) is 0 Å². The molecule has 2 heteroatoms. The van der Waals surface area contributed by atoms with Crippen LogP contribution in [0.1, 0.15) is 0 Å². The molecule has 0 amide bonds. The van der Waals surface area contributed by atoms with Crippen molar-refractivity contribution in [1.82, 2.24) is 0 Å². The molecular weight excluding hydrogens is 112 g/mol. The van der Waals surface area contributed by atoms with Gasteiger partial charge in [-0.15, -0.1) is 0 Å². The maximum atomic E-state index is 7.17. The first-order valence-corrected chi connectivity index (χ1v) is 2.56. The molecule has 0 aromatic rings. The topological polar surface area (TPSA) is 36.2 Å². The van der Waals surface area contributed by atoms with Crippen molar-refractivity contribution in [3.63, 3.8) is 0 Å². The Bertz CT molecular complexity index is 166. The minimum Gasteiger partial charge on any atom is -0.299 e. The second kappa shape index (κ2) is 3.78. The lowest BCUT2D eigenvalue weighted by Crippen LogP contribution is -2.05. The Morgan fingerprint density at radius 3 is 2.11 bits per heavy atom. The van der Waals surface area contributed by atoms with Crippen LogP contribution in [-0.2, 0) is 0 Å². The summed E-state index contributed by atoms with van der Waals surface area (Å²) < 4.78 is 0. The summed E-state index contributed by atoms with van der Waals surface area (Å²) in [4.78, 5) is 3.78. The molecular formula is C7H10N2. The summed E-state index contributed by atoms with van der Waals surface area (Å²) >= 11 is 0. The lowest BCUT2D eigenvalue weighted by molar-refractivity contribution is 1.45. The van der Waals surface area contributed by atoms with E-state index in [1.807, 2.05) is 0 Å². The van der Waals surface area contributed by atoms with E-state index in [1.165, 1.54) is 12.2 Å². The highest BCUT2D eigenvalue weighted by molar-refractivity contribution is 6.48. The van der Waals surface area contributed by atoms with Crippen LogP contribution >= 0.6 is 0 Å². The average Bonchev–Trinajstić information content (AvgIpc) is 1.90. The second-order valence-electron chi connectivity index (χ2n) is 1.43. The third-order valence-electron chi connectivity index (χ3n) is 0.914. The van der Waals surface area contributed by atoms with E-state index in [2.05, 4.69) is 18.2 Å². The first-order chi connectivity index (χ1) is 4.26. The van der Waals surface area contributed by atoms with Gasteiger partial charge in [0.2, 0.25) is 0 Å². The van der Waals surface area contributed by atoms with Gasteiger partial charge in [-0.1, -0.05) is 13.2 Å². The van der Waals surface area contributed by atoms with E-state index in [1.54, 1.807) is 7.05 Å². The summed E-state index contributed by atoms with van der Waals surface area (Å²) in [5.41, 5.74) is 0.887. The number of rotatable bonds is 3. The molecule has 0 saturated carbocycles. The Hall–Kier alpha value is -1.18. The van der Waals surface area contributed by atoms with E-state index in [0.29, 0.717) is 11.4 Å². The number of allylic oxidation sites excluding steroid dienone is 2. The summed E-state index contributed by atoms with van der Waals surface area (Å²) in [6, 6.07) is 0. The molecule has 0 aliphatic rings. The Morgan fingerprint density at radius 1 is 1.44 bits per heavy atom. The molecule has 0 saturated heterocycles. The van der Waals surface area contributed by atoms with Gasteiger partial charge in [-0.05, 0) is 12.2 Å². The predicted octanol–water partition coefficient (Wildman–Crippen LogP) is 1.45. The molecule has 2 nitrogen and oxygen atoms in total. The standard InChI is InChI=1S/C7H10N2/c1-4-6(8)7(5-2)9-3/h4-5,8H,1-2H2,3H3. The molecule has 0 bridgehead atoms. The zero-order chi connectivity index (χ0) is 7.28. The van der Waals surface area contributed by atoms with E-state index >= 15 is 0 Å². The number of hydrogen-bond donors (Lipinski definition) is 1. The molecule has 0 aromatic carbocycles.